The van der Waals surface area contributed by atoms with Crippen LogP contribution in [0.1, 0.15) is 18.1 Å². The molecule has 144 valence electrons. The summed E-state index contributed by atoms with van der Waals surface area (Å²) in [5.41, 5.74) is 1.11. The molecule has 0 unspecified atom stereocenters. The van der Waals surface area contributed by atoms with Crippen molar-refractivity contribution in [1.29, 1.82) is 0 Å². The molecule has 0 radical (unpaired) electrons. The Morgan fingerprint density at radius 3 is 2.64 bits per heavy atom. The van der Waals surface area contributed by atoms with E-state index in [9.17, 15) is 9.59 Å². The van der Waals surface area contributed by atoms with E-state index in [1.54, 1.807) is 18.2 Å². The van der Waals surface area contributed by atoms with Gasteiger partial charge in [0.25, 0.3) is 0 Å². The Hall–Kier alpha value is -2.10. The zero-order valence-corrected chi connectivity index (χ0v) is 18.3. The molecular formula is C19H12Cl2INO5. The molecule has 0 N–H and O–H groups in total. The molecule has 0 aromatic heterocycles. The van der Waals surface area contributed by atoms with Gasteiger partial charge in [-0.3, -0.25) is 4.79 Å². The van der Waals surface area contributed by atoms with Crippen molar-refractivity contribution in [3.63, 3.8) is 0 Å². The number of methoxy groups -OCH3 is 1. The largest absolute Gasteiger partial charge is 0.493 e. The summed E-state index contributed by atoms with van der Waals surface area (Å²) in [7, 11) is 1.41. The van der Waals surface area contributed by atoms with Crippen LogP contribution < -0.4 is 9.47 Å². The van der Waals surface area contributed by atoms with Crippen molar-refractivity contribution in [2.75, 3.05) is 7.11 Å². The summed E-state index contributed by atoms with van der Waals surface area (Å²) < 4.78 is 16.5. The highest BCUT2D eigenvalue weighted by atomic mass is 127. The van der Waals surface area contributed by atoms with E-state index in [0.717, 1.165) is 3.57 Å². The van der Waals surface area contributed by atoms with Crippen LogP contribution in [-0.4, -0.2) is 24.9 Å². The number of esters is 2. The molecule has 0 amide bonds. The van der Waals surface area contributed by atoms with E-state index in [1.165, 1.54) is 26.2 Å². The molecule has 2 aromatic carbocycles. The number of hydrogen-bond acceptors (Lipinski definition) is 6. The summed E-state index contributed by atoms with van der Waals surface area (Å²) in [6.45, 7) is 1.26. The van der Waals surface area contributed by atoms with Crippen LogP contribution in [0.25, 0.3) is 6.08 Å². The van der Waals surface area contributed by atoms with Crippen LogP contribution in [-0.2, 0) is 14.3 Å². The normalized spacial score (nSPS) is 14.7. The minimum atomic E-state index is -0.621. The van der Waals surface area contributed by atoms with Crippen molar-refractivity contribution in [3.05, 3.63) is 60.8 Å². The molecule has 0 saturated carbocycles. The van der Waals surface area contributed by atoms with Crippen LogP contribution in [0, 0.1) is 3.57 Å². The van der Waals surface area contributed by atoms with Gasteiger partial charge in [0.05, 0.1) is 22.7 Å². The number of nitrogens with zero attached hydrogens (tertiary/aromatic N) is 1. The zero-order chi connectivity index (χ0) is 20.4. The lowest BCUT2D eigenvalue weighted by Gasteiger charge is -2.10. The van der Waals surface area contributed by atoms with Crippen molar-refractivity contribution in [2.24, 2.45) is 4.99 Å². The number of carbonyl (C=O) groups is 2. The third-order valence-electron chi connectivity index (χ3n) is 3.58. The van der Waals surface area contributed by atoms with Gasteiger partial charge in [-0.2, -0.15) is 0 Å². The van der Waals surface area contributed by atoms with Gasteiger partial charge in [-0.15, -0.1) is 0 Å². The molecule has 0 atom stereocenters. The second-order valence-corrected chi connectivity index (χ2v) is 7.65. The summed E-state index contributed by atoms with van der Waals surface area (Å²) in [6.07, 6.45) is 1.49. The molecule has 1 heterocycles. The molecule has 0 aliphatic carbocycles. The number of benzene rings is 2. The molecule has 2 aromatic rings. The fourth-order valence-electron chi connectivity index (χ4n) is 2.41. The second kappa shape index (κ2) is 8.50. The number of cyclic esters (lactones) is 1. The van der Waals surface area contributed by atoms with Gasteiger partial charge < -0.3 is 14.2 Å². The van der Waals surface area contributed by atoms with Gasteiger partial charge in [0.2, 0.25) is 5.90 Å². The summed E-state index contributed by atoms with van der Waals surface area (Å²) in [5.74, 6) is -0.693. The second-order valence-electron chi connectivity index (χ2n) is 5.59. The van der Waals surface area contributed by atoms with Gasteiger partial charge in [0, 0.05) is 10.5 Å². The average Bonchev–Trinajstić information content (AvgIpc) is 2.99. The van der Waals surface area contributed by atoms with E-state index >= 15 is 0 Å². The number of halogens is 3. The van der Waals surface area contributed by atoms with Gasteiger partial charge in [-0.05, 0) is 64.6 Å². The smallest absolute Gasteiger partial charge is 0.363 e. The number of rotatable bonds is 4. The van der Waals surface area contributed by atoms with Gasteiger partial charge in [0.1, 0.15) is 0 Å². The third kappa shape index (κ3) is 4.48. The molecule has 3 rings (SSSR count). The maximum Gasteiger partial charge on any atom is 0.363 e. The summed E-state index contributed by atoms with van der Waals surface area (Å²) in [4.78, 5) is 27.7. The van der Waals surface area contributed by atoms with E-state index in [0.29, 0.717) is 16.1 Å². The first kappa shape index (κ1) is 20.6. The molecule has 6 nitrogen and oxygen atoms in total. The lowest BCUT2D eigenvalue weighted by atomic mass is 10.1. The number of ether oxygens (including phenoxy) is 3. The molecule has 0 spiro atoms. The van der Waals surface area contributed by atoms with Crippen molar-refractivity contribution in [1.82, 2.24) is 0 Å². The molecule has 28 heavy (non-hydrogen) atoms. The van der Waals surface area contributed by atoms with Gasteiger partial charge in [-0.25, -0.2) is 9.79 Å². The summed E-state index contributed by atoms with van der Waals surface area (Å²) >= 11 is 14.5. The minimum Gasteiger partial charge on any atom is -0.493 e. The Labute approximate surface area is 184 Å². The van der Waals surface area contributed by atoms with Crippen LogP contribution in [0.3, 0.4) is 0 Å². The fourth-order valence-corrected chi connectivity index (χ4v) is 3.36. The topological polar surface area (TPSA) is 74.2 Å². The molecule has 0 fully saturated rings. The Morgan fingerprint density at radius 1 is 1.21 bits per heavy atom. The Kier molecular flexibility index (Phi) is 6.26. The quantitative estimate of drug-likeness (QED) is 0.243. The lowest BCUT2D eigenvalue weighted by molar-refractivity contribution is -0.132. The summed E-state index contributed by atoms with van der Waals surface area (Å²) in [6, 6.07) is 8.39. The highest BCUT2D eigenvalue weighted by Crippen LogP contribution is 2.37. The first-order chi connectivity index (χ1) is 13.3. The number of hydrogen-bond donors (Lipinski definition) is 0. The molecule has 0 bridgehead atoms. The SMILES string of the molecule is COc1cc(C=C2N=C(c3cc(I)ccc3Cl)OC2=O)cc(Cl)c1OC(C)=O. The predicted octanol–water partition coefficient (Wildman–Crippen LogP) is 4.88. The van der Waals surface area contributed by atoms with Crippen LogP contribution in [0.2, 0.25) is 10.0 Å². The van der Waals surface area contributed by atoms with Crippen molar-refractivity contribution in [2.45, 2.75) is 6.92 Å². The first-order valence-corrected chi connectivity index (χ1v) is 9.66. The zero-order valence-electron chi connectivity index (χ0n) is 14.6. The van der Waals surface area contributed by atoms with E-state index in [1.807, 2.05) is 6.07 Å². The standard InChI is InChI=1S/C19H12Cl2INO5/c1-9(24)27-17-14(21)5-10(7-16(17)26-2)6-15-19(25)28-18(23-15)12-8-11(22)3-4-13(12)20/h3-8H,1-2H3. The first-order valence-electron chi connectivity index (χ1n) is 7.82. The van der Waals surface area contributed by atoms with Gasteiger partial charge >= 0.3 is 11.9 Å². The maximum atomic E-state index is 12.2. The average molecular weight is 532 g/mol. The van der Waals surface area contributed by atoms with Gasteiger partial charge in [-0.1, -0.05) is 23.2 Å². The number of carbonyl (C=O) groups excluding carboxylic acids is 2. The molecule has 9 heteroatoms. The fraction of sp³-hybridized carbons (Fsp3) is 0.105. The Balaban J connectivity index is 2.00. The molecular weight excluding hydrogens is 520 g/mol. The highest BCUT2D eigenvalue weighted by molar-refractivity contribution is 14.1. The van der Waals surface area contributed by atoms with E-state index in [-0.39, 0.29) is 28.1 Å². The van der Waals surface area contributed by atoms with Crippen LogP contribution in [0.4, 0.5) is 0 Å². The van der Waals surface area contributed by atoms with Gasteiger partial charge in [0.15, 0.2) is 17.2 Å². The third-order valence-corrected chi connectivity index (χ3v) is 4.86. The van der Waals surface area contributed by atoms with Crippen LogP contribution in [0.15, 0.2) is 41.0 Å². The van der Waals surface area contributed by atoms with Crippen molar-refractivity contribution >= 4 is 69.7 Å². The molecule has 0 saturated heterocycles. The molecule has 1 aliphatic heterocycles. The maximum absolute atomic E-state index is 12.2. The monoisotopic (exact) mass is 531 g/mol. The highest BCUT2D eigenvalue weighted by Gasteiger charge is 2.26. The van der Waals surface area contributed by atoms with E-state index in [2.05, 4.69) is 27.6 Å². The predicted molar refractivity (Wildman–Crippen MR) is 114 cm³/mol. The van der Waals surface area contributed by atoms with E-state index in [4.69, 9.17) is 37.4 Å². The lowest BCUT2D eigenvalue weighted by Crippen LogP contribution is -2.06. The summed E-state index contributed by atoms with van der Waals surface area (Å²) in [5, 5.41) is 0.571. The van der Waals surface area contributed by atoms with Crippen molar-refractivity contribution < 1.29 is 23.8 Å². The molecule has 1 aliphatic rings. The Morgan fingerprint density at radius 2 is 1.96 bits per heavy atom. The Bertz CT molecular complexity index is 1050. The van der Waals surface area contributed by atoms with Crippen molar-refractivity contribution in [3.8, 4) is 11.5 Å². The van der Waals surface area contributed by atoms with E-state index < -0.39 is 11.9 Å². The van der Waals surface area contributed by atoms with Crippen LogP contribution >= 0.6 is 45.8 Å². The minimum absolute atomic E-state index is 0.0725. The number of aliphatic imine (C=N–C) groups is 1. The van der Waals surface area contributed by atoms with Crippen LogP contribution in [0.5, 0.6) is 11.5 Å².